The number of hydrogen-bond donors (Lipinski definition) is 2. The third kappa shape index (κ3) is 3.23. The number of carboxylic acid groups (broad SMARTS) is 1. The zero-order chi connectivity index (χ0) is 14.0. The Balaban J connectivity index is 2.09. The minimum atomic E-state index is -0.913. The van der Waals surface area contributed by atoms with E-state index in [0.717, 1.165) is 0 Å². The molecule has 6 heteroatoms. The van der Waals surface area contributed by atoms with Crippen LogP contribution in [0.1, 0.15) is 19.8 Å². The standard InChI is InChI=1S/C13H15ClN2O3/c1-7-5-8(9(6-7)13(18)19)12(17)16-11-4-2-3-10(14)15-11/h2-4,7-9H,5-6H2,1H3,(H,18,19)(H,15,16,17)/t7?,8-,9+/m0/s1. The lowest BCUT2D eigenvalue weighted by Crippen LogP contribution is -2.30. The molecule has 5 nitrogen and oxygen atoms in total. The predicted octanol–water partition coefficient (Wildman–Crippen LogP) is 2.42. The number of carbonyl (C=O) groups is 2. The van der Waals surface area contributed by atoms with Crippen molar-refractivity contribution >= 4 is 29.3 Å². The number of halogens is 1. The van der Waals surface area contributed by atoms with Crippen molar-refractivity contribution in [1.29, 1.82) is 0 Å². The van der Waals surface area contributed by atoms with Gasteiger partial charge < -0.3 is 10.4 Å². The van der Waals surface area contributed by atoms with Crippen LogP contribution < -0.4 is 5.32 Å². The highest BCUT2D eigenvalue weighted by Gasteiger charge is 2.41. The van der Waals surface area contributed by atoms with Crippen molar-refractivity contribution < 1.29 is 14.7 Å². The van der Waals surface area contributed by atoms with Gasteiger partial charge in [-0.05, 0) is 30.9 Å². The van der Waals surface area contributed by atoms with Crippen molar-refractivity contribution in [3.8, 4) is 0 Å². The molecule has 19 heavy (non-hydrogen) atoms. The van der Waals surface area contributed by atoms with Crippen molar-refractivity contribution in [2.24, 2.45) is 17.8 Å². The van der Waals surface area contributed by atoms with E-state index in [-0.39, 0.29) is 17.0 Å². The molecule has 0 spiro atoms. The molecule has 1 amide bonds. The van der Waals surface area contributed by atoms with Gasteiger partial charge in [-0.25, -0.2) is 4.98 Å². The van der Waals surface area contributed by atoms with Crippen LogP contribution >= 0.6 is 11.6 Å². The van der Waals surface area contributed by atoms with Crippen LogP contribution in [0.4, 0.5) is 5.82 Å². The first-order valence-electron chi connectivity index (χ1n) is 6.13. The average molecular weight is 283 g/mol. The lowest BCUT2D eigenvalue weighted by molar-refractivity contribution is -0.145. The molecule has 1 fully saturated rings. The Hall–Kier alpha value is -1.62. The summed E-state index contributed by atoms with van der Waals surface area (Å²) in [6, 6.07) is 4.91. The van der Waals surface area contributed by atoms with E-state index in [1.54, 1.807) is 18.2 Å². The van der Waals surface area contributed by atoms with Gasteiger partial charge >= 0.3 is 5.97 Å². The molecule has 3 atom stereocenters. The Morgan fingerprint density at radius 3 is 2.68 bits per heavy atom. The zero-order valence-corrected chi connectivity index (χ0v) is 11.2. The number of hydrogen-bond acceptors (Lipinski definition) is 3. The van der Waals surface area contributed by atoms with E-state index < -0.39 is 17.8 Å². The molecule has 0 saturated heterocycles. The van der Waals surface area contributed by atoms with Gasteiger partial charge in [-0.1, -0.05) is 24.6 Å². The predicted molar refractivity (Wildman–Crippen MR) is 70.9 cm³/mol. The van der Waals surface area contributed by atoms with E-state index in [1.807, 2.05) is 6.92 Å². The fourth-order valence-corrected chi connectivity index (χ4v) is 2.72. The Kier molecular flexibility index (Phi) is 4.04. The maximum atomic E-state index is 12.1. The fraction of sp³-hybridized carbons (Fsp3) is 0.462. The molecule has 0 aromatic carbocycles. The number of rotatable bonds is 3. The number of anilines is 1. The molecule has 102 valence electrons. The quantitative estimate of drug-likeness (QED) is 0.835. The Morgan fingerprint density at radius 1 is 1.37 bits per heavy atom. The second-order valence-corrected chi connectivity index (χ2v) is 5.35. The van der Waals surface area contributed by atoms with E-state index >= 15 is 0 Å². The largest absolute Gasteiger partial charge is 0.481 e. The van der Waals surface area contributed by atoms with E-state index in [2.05, 4.69) is 10.3 Å². The van der Waals surface area contributed by atoms with E-state index in [9.17, 15) is 9.59 Å². The Morgan fingerprint density at radius 2 is 2.05 bits per heavy atom. The molecular formula is C13H15ClN2O3. The number of pyridine rings is 1. The van der Waals surface area contributed by atoms with Crippen LogP contribution in [0.2, 0.25) is 5.15 Å². The van der Waals surface area contributed by atoms with Gasteiger partial charge in [-0.3, -0.25) is 9.59 Å². The summed E-state index contributed by atoms with van der Waals surface area (Å²) in [4.78, 5) is 27.2. The number of amides is 1. The molecule has 2 rings (SSSR count). The molecule has 1 heterocycles. The lowest BCUT2D eigenvalue weighted by Gasteiger charge is -2.15. The summed E-state index contributed by atoms with van der Waals surface area (Å²) in [5.74, 6) is -1.75. The highest BCUT2D eigenvalue weighted by molar-refractivity contribution is 6.29. The number of carboxylic acids is 1. The summed E-state index contributed by atoms with van der Waals surface area (Å²) >= 11 is 5.73. The van der Waals surface area contributed by atoms with E-state index in [4.69, 9.17) is 16.7 Å². The molecule has 1 unspecified atom stereocenters. The van der Waals surface area contributed by atoms with Crippen molar-refractivity contribution in [3.05, 3.63) is 23.4 Å². The molecule has 1 aliphatic carbocycles. The molecule has 2 N–H and O–H groups in total. The van der Waals surface area contributed by atoms with Crippen LogP contribution in [0.15, 0.2) is 18.2 Å². The minimum absolute atomic E-state index is 0.240. The van der Waals surface area contributed by atoms with Crippen molar-refractivity contribution in [2.45, 2.75) is 19.8 Å². The summed E-state index contributed by atoms with van der Waals surface area (Å²) in [5.41, 5.74) is 0. The van der Waals surface area contributed by atoms with Gasteiger partial charge in [0.25, 0.3) is 0 Å². The van der Waals surface area contributed by atoms with Gasteiger partial charge in [-0.15, -0.1) is 0 Å². The highest BCUT2D eigenvalue weighted by Crippen LogP contribution is 2.37. The summed E-state index contributed by atoms with van der Waals surface area (Å²) in [7, 11) is 0. The molecule has 1 aromatic heterocycles. The second kappa shape index (κ2) is 5.57. The highest BCUT2D eigenvalue weighted by atomic mass is 35.5. The molecule has 1 aromatic rings. The normalized spacial score (nSPS) is 26.1. The van der Waals surface area contributed by atoms with E-state index in [1.165, 1.54) is 0 Å². The fourth-order valence-electron chi connectivity index (χ4n) is 2.55. The maximum absolute atomic E-state index is 12.1. The molecule has 0 aliphatic heterocycles. The third-order valence-electron chi connectivity index (χ3n) is 3.42. The first-order valence-corrected chi connectivity index (χ1v) is 6.51. The first-order chi connectivity index (χ1) is 8.97. The molecular weight excluding hydrogens is 268 g/mol. The SMILES string of the molecule is CC1C[C@H](C(=O)Nc2cccc(Cl)n2)[C@H](C(=O)O)C1. The number of aliphatic carboxylic acids is 1. The Labute approximate surface area is 116 Å². The zero-order valence-electron chi connectivity index (χ0n) is 10.5. The third-order valence-corrected chi connectivity index (χ3v) is 3.63. The van der Waals surface area contributed by atoms with Gasteiger partial charge in [0.05, 0.1) is 11.8 Å². The average Bonchev–Trinajstić information content (AvgIpc) is 2.71. The van der Waals surface area contributed by atoms with Gasteiger partial charge in [0.2, 0.25) is 5.91 Å². The number of nitrogens with zero attached hydrogens (tertiary/aromatic N) is 1. The van der Waals surface area contributed by atoms with Crippen LogP contribution in [0.5, 0.6) is 0 Å². The molecule has 0 radical (unpaired) electrons. The lowest BCUT2D eigenvalue weighted by atomic mass is 9.95. The van der Waals surface area contributed by atoms with Crippen molar-refractivity contribution in [3.63, 3.8) is 0 Å². The second-order valence-electron chi connectivity index (χ2n) is 4.96. The van der Waals surface area contributed by atoms with Gasteiger partial charge in [0.15, 0.2) is 0 Å². The summed E-state index contributed by atoms with van der Waals surface area (Å²) in [6.45, 7) is 1.96. The first kappa shape index (κ1) is 13.8. The number of carbonyl (C=O) groups excluding carboxylic acids is 1. The van der Waals surface area contributed by atoms with Crippen LogP contribution in [0, 0.1) is 17.8 Å². The number of aromatic nitrogens is 1. The van der Waals surface area contributed by atoms with Gasteiger partial charge in [0.1, 0.15) is 11.0 Å². The van der Waals surface area contributed by atoms with Crippen molar-refractivity contribution in [1.82, 2.24) is 4.98 Å². The van der Waals surface area contributed by atoms with Crippen molar-refractivity contribution in [2.75, 3.05) is 5.32 Å². The number of nitrogens with one attached hydrogen (secondary N) is 1. The van der Waals surface area contributed by atoms with Crippen LogP contribution in [0.3, 0.4) is 0 Å². The summed E-state index contributed by atoms with van der Waals surface area (Å²) < 4.78 is 0. The molecule has 1 saturated carbocycles. The summed E-state index contributed by atoms with van der Waals surface area (Å²) in [5, 5.41) is 12.1. The minimum Gasteiger partial charge on any atom is -0.481 e. The summed E-state index contributed by atoms with van der Waals surface area (Å²) in [6.07, 6.45) is 1.12. The van der Waals surface area contributed by atoms with Crippen LogP contribution in [-0.2, 0) is 9.59 Å². The van der Waals surface area contributed by atoms with Crippen LogP contribution in [0.25, 0.3) is 0 Å². The van der Waals surface area contributed by atoms with Gasteiger partial charge in [-0.2, -0.15) is 0 Å². The smallest absolute Gasteiger partial charge is 0.307 e. The molecule has 1 aliphatic rings. The maximum Gasteiger partial charge on any atom is 0.307 e. The Bertz CT molecular complexity index is 506. The van der Waals surface area contributed by atoms with Crippen LogP contribution in [-0.4, -0.2) is 22.0 Å². The molecule has 0 bridgehead atoms. The van der Waals surface area contributed by atoms with E-state index in [0.29, 0.717) is 18.7 Å². The topological polar surface area (TPSA) is 79.3 Å². The monoisotopic (exact) mass is 282 g/mol. The van der Waals surface area contributed by atoms with Gasteiger partial charge in [0, 0.05) is 0 Å².